The van der Waals surface area contributed by atoms with Crippen molar-refractivity contribution in [2.24, 2.45) is 5.92 Å². The molecule has 2 nitrogen and oxygen atoms in total. The number of nitrogens with zero attached hydrogens (tertiary/aromatic N) is 1. The highest BCUT2D eigenvalue weighted by molar-refractivity contribution is 5.51. The second kappa shape index (κ2) is 7.69. The van der Waals surface area contributed by atoms with Crippen LogP contribution in [0.1, 0.15) is 38.8 Å². The van der Waals surface area contributed by atoms with Crippen LogP contribution in [0.2, 0.25) is 0 Å². The maximum Gasteiger partial charge on any atom is 0.416 e. The molecule has 5 heteroatoms. The predicted octanol–water partition coefficient (Wildman–Crippen LogP) is 4.30. The summed E-state index contributed by atoms with van der Waals surface area (Å²) in [6, 6.07) is 4.62. The lowest BCUT2D eigenvalue weighted by atomic mass is 10.0. The van der Waals surface area contributed by atoms with Crippen LogP contribution in [-0.2, 0) is 12.7 Å². The minimum absolute atomic E-state index is 0.242. The zero-order valence-corrected chi connectivity index (χ0v) is 13.2. The summed E-state index contributed by atoms with van der Waals surface area (Å²) in [6.07, 6.45) is -4.32. The largest absolute Gasteiger partial charge is 0.416 e. The first kappa shape index (κ1) is 17.8. The molecule has 0 aliphatic carbocycles. The molecule has 120 valence electrons. The van der Waals surface area contributed by atoms with Gasteiger partial charge in [0.25, 0.3) is 0 Å². The van der Waals surface area contributed by atoms with E-state index in [9.17, 15) is 13.2 Å². The smallest absolute Gasteiger partial charge is 0.372 e. The molecule has 0 bridgehead atoms. The molecule has 0 aliphatic heterocycles. The summed E-state index contributed by atoms with van der Waals surface area (Å²) in [4.78, 5) is 1.92. The van der Waals surface area contributed by atoms with E-state index in [0.717, 1.165) is 0 Å². The van der Waals surface area contributed by atoms with Crippen LogP contribution in [0.4, 0.5) is 18.9 Å². The summed E-state index contributed by atoms with van der Waals surface area (Å²) in [5.41, 5.74) is 0.391. The van der Waals surface area contributed by atoms with Gasteiger partial charge in [0.1, 0.15) is 0 Å². The van der Waals surface area contributed by atoms with Crippen molar-refractivity contribution in [1.82, 2.24) is 5.32 Å². The van der Waals surface area contributed by atoms with Crippen molar-refractivity contribution in [1.29, 1.82) is 0 Å². The minimum Gasteiger partial charge on any atom is -0.372 e. The van der Waals surface area contributed by atoms with Crippen molar-refractivity contribution in [3.8, 4) is 0 Å². The molecule has 0 aliphatic rings. The Kier molecular flexibility index (Phi) is 6.52. The number of anilines is 1. The molecule has 0 saturated carbocycles. The van der Waals surface area contributed by atoms with Crippen LogP contribution >= 0.6 is 0 Å². The molecule has 0 heterocycles. The van der Waals surface area contributed by atoms with Crippen LogP contribution < -0.4 is 10.2 Å². The highest BCUT2D eigenvalue weighted by Gasteiger charge is 2.33. The van der Waals surface area contributed by atoms with E-state index in [0.29, 0.717) is 36.8 Å². The van der Waals surface area contributed by atoms with Crippen molar-refractivity contribution in [2.45, 2.75) is 40.4 Å². The number of rotatable bonds is 7. The molecular formula is C16H25F3N2. The number of alkyl halides is 3. The van der Waals surface area contributed by atoms with Crippen molar-refractivity contribution in [2.75, 3.05) is 24.5 Å². The van der Waals surface area contributed by atoms with Gasteiger partial charge in [-0.15, -0.1) is 0 Å². The average molecular weight is 302 g/mol. The first-order valence-electron chi connectivity index (χ1n) is 7.45. The van der Waals surface area contributed by atoms with E-state index in [-0.39, 0.29) is 6.54 Å². The third kappa shape index (κ3) is 5.23. The Morgan fingerprint density at radius 2 is 1.76 bits per heavy atom. The second-order valence-corrected chi connectivity index (χ2v) is 5.54. The zero-order chi connectivity index (χ0) is 16.0. The van der Waals surface area contributed by atoms with Crippen LogP contribution in [0.25, 0.3) is 0 Å². The maximum atomic E-state index is 13.2. The number of hydrogen-bond donors (Lipinski definition) is 1. The van der Waals surface area contributed by atoms with Crippen molar-refractivity contribution >= 4 is 5.69 Å². The lowest BCUT2D eigenvalue weighted by Gasteiger charge is -2.23. The number of hydrogen-bond acceptors (Lipinski definition) is 2. The molecule has 1 aromatic rings. The van der Waals surface area contributed by atoms with Gasteiger partial charge in [0, 0.05) is 25.3 Å². The van der Waals surface area contributed by atoms with Crippen molar-refractivity contribution in [3.05, 3.63) is 29.3 Å². The number of halogens is 3. The molecular weight excluding hydrogens is 277 g/mol. The highest BCUT2D eigenvalue weighted by Crippen LogP contribution is 2.34. The van der Waals surface area contributed by atoms with Gasteiger partial charge in [-0.1, -0.05) is 19.9 Å². The fourth-order valence-corrected chi connectivity index (χ4v) is 2.26. The first-order valence-corrected chi connectivity index (χ1v) is 7.45. The third-order valence-electron chi connectivity index (χ3n) is 3.40. The van der Waals surface area contributed by atoms with Crippen molar-refractivity contribution in [3.63, 3.8) is 0 Å². The standard InChI is InChI=1S/C16H25F3N2/c1-5-21(6-2)14-8-7-13(11-20-10-12(3)4)15(9-14)16(17,18)19/h7-9,12,20H,5-6,10-11H2,1-4H3. The van der Waals surface area contributed by atoms with Gasteiger partial charge in [0.2, 0.25) is 0 Å². The van der Waals surface area contributed by atoms with E-state index in [1.807, 2.05) is 32.6 Å². The summed E-state index contributed by atoms with van der Waals surface area (Å²) < 4.78 is 39.7. The van der Waals surface area contributed by atoms with E-state index in [1.165, 1.54) is 6.07 Å². The van der Waals surface area contributed by atoms with Crippen molar-refractivity contribution < 1.29 is 13.2 Å². The Bertz CT molecular complexity index is 438. The summed E-state index contributed by atoms with van der Waals surface area (Å²) in [5.74, 6) is 0.411. The Labute approximate surface area is 125 Å². The highest BCUT2D eigenvalue weighted by atomic mass is 19.4. The summed E-state index contributed by atoms with van der Waals surface area (Å²) in [7, 11) is 0. The average Bonchev–Trinajstić information content (AvgIpc) is 2.39. The predicted molar refractivity (Wildman–Crippen MR) is 81.5 cm³/mol. The van der Waals surface area contributed by atoms with Crippen LogP contribution in [-0.4, -0.2) is 19.6 Å². The summed E-state index contributed by atoms with van der Waals surface area (Å²) >= 11 is 0. The van der Waals surface area contributed by atoms with E-state index in [4.69, 9.17) is 0 Å². The van der Waals surface area contributed by atoms with Gasteiger partial charge in [-0.3, -0.25) is 0 Å². The summed E-state index contributed by atoms with van der Waals surface area (Å²) in [6.45, 7) is 10.3. The molecule has 0 atom stereocenters. The molecule has 21 heavy (non-hydrogen) atoms. The van der Waals surface area contributed by atoms with Gasteiger partial charge in [-0.25, -0.2) is 0 Å². The van der Waals surface area contributed by atoms with Gasteiger partial charge in [-0.05, 0) is 44.0 Å². The Balaban J connectivity index is 3.03. The van der Waals surface area contributed by atoms with Crippen LogP contribution in [0.15, 0.2) is 18.2 Å². The molecule has 0 fully saturated rings. The second-order valence-electron chi connectivity index (χ2n) is 5.54. The molecule has 0 saturated heterocycles. The molecule has 1 aromatic carbocycles. The monoisotopic (exact) mass is 302 g/mol. The Morgan fingerprint density at radius 3 is 2.24 bits per heavy atom. The van der Waals surface area contributed by atoms with E-state index >= 15 is 0 Å². The molecule has 0 spiro atoms. The van der Waals surface area contributed by atoms with Gasteiger partial charge < -0.3 is 10.2 Å². The zero-order valence-electron chi connectivity index (χ0n) is 13.2. The van der Waals surface area contributed by atoms with E-state index in [2.05, 4.69) is 5.32 Å². The van der Waals surface area contributed by atoms with Crippen LogP contribution in [0, 0.1) is 5.92 Å². The fraction of sp³-hybridized carbons (Fsp3) is 0.625. The van der Waals surface area contributed by atoms with Crippen LogP contribution in [0.5, 0.6) is 0 Å². The molecule has 0 aromatic heterocycles. The Morgan fingerprint density at radius 1 is 1.14 bits per heavy atom. The minimum atomic E-state index is -4.32. The normalized spacial score (nSPS) is 12.0. The molecule has 1 rings (SSSR count). The maximum absolute atomic E-state index is 13.2. The summed E-state index contributed by atoms with van der Waals surface area (Å²) in [5, 5.41) is 3.08. The Hall–Kier alpha value is -1.23. The lowest BCUT2D eigenvalue weighted by Crippen LogP contribution is -2.24. The van der Waals surface area contributed by atoms with E-state index in [1.54, 1.807) is 12.1 Å². The molecule has 0 radical (unpaired) electrons. The third-order valence-corrected chi connectivity index (χ3v) is 3.40. The molecule has 1 N–H and O–H groups in total. The van der Waals surface area contributed by atoms with Gasteiger partial charge in [0.15, 0.2) is 0 Å². The topological polar surface area (TPSA) is 15.3 Å². The molecule has 0 amide bonds. The van der Waals surface area contributed by atoms with Gasteiger partial charge >= 0.3 is 6.18 Å². The van der Waals surface area contributed by atoms with Gasteiger partial charge in [0.05, 0.1) is 5.56 Å². The first-order chi connectivity index (χ1) is 9.79. The SMILES string of the molecule is CCN(CC)c1ccc(CNCC(C)C)c(C(F)(F)F)c1. The lowest BCUT2D eigenvalue weighted by molar-refractivity contribution is -0.138. The number of benzene rings is 1. The van der Waals surface area contributed by atoms with Gasteiger partial charge in [-0.2, -0.15) is 13.2 Å². The number of nitrogens with one attached hydrogen (secondary N) is 1. The van der Waals surface area contributed by atoms with E-state index < -0.39 is 11.7 Å². The van der Waals surface area contributed by atoms with Crippen LogP contribution in [0.3, 0.4) is 0 Å². The molecule has 0 unspecified atom stereocenters. The quantitative estimate of drug-likeness (QED) is 0.808. The fourth-order valence-electron chi connectivity index (χ4n) is 2.26.